The van der Waals surface area contributed by atoms with Gasteiger partial charge in [-0.05, 0) is 48.0 Å². The summed E-state index contributed by atoms with van der Waals surface area (Å²) in [5.41, 5.74) is 0.697. The van der Waals surface area contributed by atoms with E-state index in [1.807, 2.05) is 30.3 Å². The molecule has 0 radical (unpaired) electrons. The number of nitrogens with one attached hydrogen (secondary N) is 2. The maximum atomic E-state index is 12.8. The summed E-state index contributed by atoms with van der Waals surface area (Å²) >= 11 is 0. The summed E-state index contributed by atoms with van der Waals surface area (Å²) in [6.45, 7) is 0.221. The number of hydrogen-bond acceptors (Lipinski definition) is 4. The van der Waals surface area contributed by atoms with Crippen LogP contribution in [0.4, 0.5) is 24.5 Å². The van der Waals surface area contributed by atoms with E-state index in [9.17, 15) is 27.6 Å². The van der Waals surface area contributed by atoms with Crippen LogP contribution in [0.1, 0.15) is 17.5 Å². The Kier molecular flexibility index (Phi) is 7.76. The number of benzene rings is 3. The Balaban J connectivity index is 1.27. The van der Waals surface area contributed by atoms with Gasteiger partial charge in [-0.2, -0.15) is 13.2 Å². The van der Waals surface area contributed by atoms with Gasteiger partial charge in [0.2, 0.25) is 11.8 Å². The first-order valence-electron chi connectivity index (χ1n) is 11.5. The molecule has 10 heteroatoms. The SMILES string of the molecule is O=C(COc1ccc(N2C[C@H](C(=O)NCc3ccccc3)CC2=O)cc1)Nc1cccc(C(F)(F)F)c1. The average molecular weight is 512 g/mol. The summed E-state index contributed by atoms with van der Waals surface area (Å²) in [5, 5.41) is 5.23. The predicted molar refractivity (Wildman–Crippen MR) is 131 cm³/mol. The van der Waals surface area contributed by atoms with Gasteiger partial charge in [0.1, 0.15) is 5.75 Å². The molecule has 1 heterocycles. The molecule has 0 bridgehead atoms. The van der Waals surface area contributed by atoms with Gasteiger partial charge in [0.25, 0.3) is 5.91 Å². The third-order valence-electron chi connectivity index (χ3n) is 5.80. The van der Waals surface area contributed by atoms with Crippen LogP contribution < -0.4 is 20.3 Å². The van der Waals surface area contributed by atoms with Crippen molar-refractivity contribution in [1.82, 2.24) is 5.32 Å². The highest BCUT2D eigenvalue weighted by Crippen LogP contribution is 2.31. The topological polar surface area (TPSA) is 87.7 Å². The molecule has 1 saturated heterocycles. The highest BCUT2D eigenvalue weighted by molar-refractivity contribution is 6.00. The molecule has 1 atom stereocenters. The van der Waals surface area contributed by atoms with Crippen molar-refractivity contribution in [2.45, 2.75) is 19.1 Å². The van der Waals surface area contributed by atoms with Gasteiger partial charge in [0, 0.05) is 30.9 Å². The molecule has 192 valence electrons. The quantitative estimate of drug-likeness (QED) is 0.470. The second kappa shape index (κ2) is 11.2. The maximum absolute atomic E-state index is 12.8. The number of hydrogen-bond donors (Lipinski definition) is 2. The molecule has 0 aromatic heterocycles. The molecule has 0 saturated carbocycles. The molecule has 7 nitrogen and oxygen atoms in total. The number of amides is 3. The maximum Gasteiger partial charge on any atom is 0.416 e. The number of halogens is 3. The van der Waals surface area contributed by atoms with E-state index < -0.39 is 30.2 Å². The Labute approximate surface area is 211 Å². The highest BCUT2D eigenvalue weighted by atomic mass is 19.4. The third-order valence-corrected chi connectivity index (χ3v) is 5.80. The number of nitrogens with zero attached hydrogens (tertiary/aromatic N) is 1. The highest BCUT2D eigenvalue weighted by Gasteiger charge is 2.35. The van der Waals surface area contributed by atoms with Crippen LogP contribution in [0.5, 0.6) is 5.75 Å². The average Bonchev–Trinajstić information content (AvgIpc) is 3.28. The van der Waals surface area contributed by atoms with Crippen molar-refractivity contribution in [2.75, 3.05) is 23.4 Å². The molecule has 3 aromatic carbocycles. The lowest BCUT2D eigenvalue weighted by molar-refractivity contribution is -0.137. The number of carbonyl (C=O) groups is 3. The van der Waals surface area contributed by atoms with E-state index in [0.29, 0.717) is 18.0 Å². The Morgan fingerprint density at radius 1 is 0.973 bits per heavy atom. The summed E-state index contributed by atoms with van der Waals surface area (Å²) in [6.07, 6.45) is -4.41. The minimum absolute atomic E-state index is 0.00804. The number of anilines is 2. The van der Waals surface area contributed by atoms with Crippen LogP contribution in [-0.2, 0) is 27.1 Å². The van der Waals surface area contributed by atoms with Crippen molar-refractivity contribution >= 4 is 29.1 Å². The van der Waals surface area contributed by atoms with E-state index in [4.69, 9.17) is 4.74 Å². The smallest absolute Gasteiger partial charge is 0.416 e. The van der Waals surface area contributed by atoms with E-state index in [1.54, 1.807) is 24.3 Å². The summed E-state index contributed by atoms with van der Waals surface area (Å²) < 4.78 is 43.9. The molecule has 0 spiro atoms. The zero-order chi connectivity index (χ0) is 26.4. The first-order valence-corrected chi connectivity index (χ1v) is 11.5. The first kappa shape index (κ1) is 25.7. The largest absolute Gasteiger partial charge is 0.484 e. The molecule has 0 aliphatic carbocycles. The van der Waals surface area contributed by atoms with Gasteiger partial charge >= 0.3 is 6.18 Å². The first-order chi connectivity index (χ1) is 17.7. The molecule has 0 unspecified atom stereocenters. The van der Waals surface area contributed by atoms with Crippen LogP contribution in [0.3, 0.4) is 0 Å². The van der Waals surface area contributed by atoms with Crippen molar-refractivity contribution < 1.29 is 32.3 Å². The van der Waals surface area contributed by atoms with Gasteiger partial charge < -0.3 is 20.3 Å². The van der Waals surface area contributed by atoms with E-state index >= 15 is 0 Å². The van der Waals surface area contributed by atoms with Crippen molar-refractivity contribution in [3.8, 4) is 5.75 Å². The number of rotatable bonds is 8. The van der Waals surface area contributed by atoms with Gasteiger partial charge in [0.15, 0.2) is 6.61 Å². The number of carbonyl (C=O) groups excluding carboxylic acids is 3. The minimum atomic E-state index is -4.51. The van der Waals surface area contributed by atoms with Crippen LogP contribution >= 0.6 is 0 Å². The van der Waals surface area contributed by atoms with Crippen LogP contribution in [-0.4, -0.2) is 30.9 Å². The van der Waals surface area contributed by atoms with Gasteiger partial charge in [-0.3, -0.25) is 14.4 Å². The molecule has 4 rings (SSSR count). The van der Waals surface area contributed by atoms with Gasteiger partial charge in [0.05, 0.1) is 11.5 Å². The Morgan fingerprint density at radius 2 is 1.70 bits per heavy atom. The normalized spacial score (nSPS) is 15.4. The fourth-order valence-electron chi connectivity index (χ4n) is 3.90. The van der Waals surface area contributed by atoms with Crippen molar-refractivity contribution in [2.24, 2.45) is 5.92 Å². The lowest BCUT2D eigenvalue weighted by Gasteiger charge is -2.17. The molecular weight excluding hydrogens is 487 g/mol. The number of ether oxygens (including phenoxy) is 1. The standard InChI is InChI=1S/C27H24F3N3O4/c28-27(29,30)20-7-4-8-21(14-20)32-24(34)17-37-23-11-9-22(10-12-23)33-16-19(13-25(33)35)26(36)31-15-18-5-2-1-3-6-18/h1-12,14,19H,13,15-17H2,(H,31,36)(H,32,34)/t19-/m1/s1. The molecular formula is C27H24F3N3O4. The Hall–Kier alpha value is -4.34. The lowest BCUT2D eigenvalue weighted by Crippen LogP contribution is -2.32. The fourth-order valence-corrected chi connectivity index (χ4v) is 3.90. The monoisotopic (exact) mass is 511 g/mol. The second-order valence-electron chi connectivity index (χ2n) is 8.52. The van der Waals surface area contributed by atoms with E-state index in [2.05, 4.69) is 10.6 Å². The third kappa shape index (κ3) is 6.87. The summed E-state index contributed by atoms with van der Waals surface area (Å²) in [6, 6.07) is 20.2. The molecule has 1 fully saturated rings. The Morgan fingerprint density at radius 3 is 2.41 bits per heavy atom. The molecule has 3 aromatic rings. The van der Waals surface area contributed by atoms with Gasteiger partial charge in [-0.25, -0.2) is 0 Å². The zero-order valence-electron chi connectivity index (χ0n) is 19.6. The van der Waals surface area contributed by atoms with Crippen LogP contribution in [0.2, 0.25) is 0 Å². The van der Waals surface area contributed by atoms with E-state index in [1.165, 1.54) is 17.0 Å². The van der Waals surface area contributed by atoms with Crippen molar-refractivity contribution in [3.63, 3.8) is 0 Å². The minimum Gasteiger partial charge on any atom is -0.484 e. The van der Waals surface area contributed by atoms with Crippen molar-refractivity contribution in [3.05, 3.63) is 90.0 Å². The van der Waals surface area contributed by atoms with E-state index in [-0.39, 0.29) is 30.5 Å². The lowest BCUT2D eigenvalue weighted by atomic mass is 10.1. The molecule has 3 amide bonds. The van der Waals surface area contributed by atoms with Gasteiger partial charge in [-0.15, -0.1) is 0 Å². The van der Waals surface area contributed by atoms with Gasteiger partial charge in [-0.1, -0.05) is 36.4 Å². The molecule has 1 aliphatic rings. The summed E-state index contributed by atoms with van der Waals surface area (Å²) in [5.74, 6) is -1.11. The van der Waals surface area contributed by atoms with Crippen LogP contribution in [0.25, 0.3) is 0 Å². The van der Waals surface area contributed by atoms with Crippen LogP contribution in [0.15, 0.2) is 78.9 Å². The summed E-state index contributed by atoms with van der Waals surface area (Å²) in [4.78, 5) is 38.7. The number of alkyl halides is 3. The fraction of sp³-hybridized carbons (Fsp3) is 0.222. The predicted octanol–water partition coefficient (Wildman–Crippen LogP) is 4.39. The Bertz CT molecular complexity index is 1260. The second-order valence-corrected chi connectivity index (χ2v) is 8.52. The van der Waals surface area contributed by atoms with E-state index in [0.717, 1.165) is 17.7 Å². The summed E-state index contributed by atoms with van der Waals surface area (Å²) in [7, 11) is 0. The molecule has 2 N–H and O–H groups in total. The zero-order valence-corrected chi connectivity index (χ0v) is 19.6. The van der Waals surface area contributed by atoms with Crippen molar-refractivity contribution in [1.29, 1.82) is 0 Å². The molecule has 37 heavy (non-hydrogen) atoms. The van der Waals surface area contributed by atoms with Crippen LogP contribution in [0, 0.1) is 5.92 Å². The molecule has 1 aliphatic heterocycles.